The van der Waals surface area contributed by atoms with Crippen molar-refractivity contribution in [1.82, 2.24) is 10.1 Å². The molecule has 0 radical (unpaired) electrons. The van der Waals surface area contributed by atoms with Gasteiger partial charge in [-0.2, -0.15) is 4.98 Å². The Labute approximate surface area is 155 Å². The maximum absolute atomic E-state index is 12.6. The molecule has 3 aromatic rings. The first-order valence-electron chi connectivity index (χ1n) is 8.64. The molecule has 0 aliphatic carbocycles. The number of benzene rings is 2. The molecule has 7 heteroatoms. The Morgan fingerprint density at radius 2 is 1.89 bits per heavy atom. The number of fused-ring (bicyclic) bond motifs is 1. The highest BCUT2D eigenvalue weighted by Crippen LogP contribution is 2.37. The van der Waals surface area contributed by atoms with Gasteiger partial charge in [0.2, 0.25) is 5.82 Å². The number of carbonyl (C=O) groups is 1. The molecule has 0 bridgehead atoms. The minimum absolute atomic E-state index is 0.0905. The quantitative estimate of drug-likeness (QED) is 0.730. The van der Waals surface area contributed by atoms with E-state index in [4.69, 9.17) is 9.26 Å². The number of hydrogen-bond donors (Lipinski definition) is 2. The summed E-state index contributed by atoms with van der Waals surface area (Å²) >= 11 is 0. The molecule has 138 valence electrons. The second-order valence-electron chi connectivity index (χ2n) is 6.58. The van der Waals surface area contributed by atoms with Crippen LogP contribution < -0.4 is 4.74 Å². The van der Waals surface area contributed by atoms with Crippen LogP contribution in [0.25, 0.3) is 22.8 Å². The van der Waals surface area contributed by atoms with Gasteiger partial charge < -0.3 is 19.5 Å². The summed E-state index contributed by atoms with van der Waals surface area (Å²) in [7, 11) is 0. The average Bonchev–Trinajstić information content (AvgIpc) is 3.18. The molecule has 0 fully saturated rings. The van der Waals surface area contributed by atoms with E-state index in [9.17, 15) is 15.0 Å². The fourth-order valence-corrected chi connectivity index (χ4v) is 3.09. The Hall–Kier alpha value is -3.19. The summed E-state index contributed by atoms with van der Waals surface area (Å²) in [6, 6.07) is 11.6. The molecule has 1 unspecified atom stereocenters. The molecule has 1 aliphatic heterocycles. The SMILES string of the molecule is CCC1(CO)CC(=O)c2cc(-c3nc(-c4ccc(O)cc4)no3)ccc2O1. The first-order chi connectivity index (χ1) is 13.0. The molecule has 1 aromatic heterocycles. The van der Waals surface area contributed by atoms with Crippen LogP contribution in [0.1, 0.15) is 30.1 Å². The van der Waals surface area contributed by atoms with Crippen LogP contribution in [0.4, 0.5) is 0 Å². The van der Waals surface area contributed by atoms with Gasteiger partial charge in [0, 0.05) is 11.1 Å². The lowest BCUT2D eigenvalue weighted by Gasteiger charge is -2.35. The topological polar surface area (TPSA) is 106 Å². The van der Waals surface area contributed by atoms with E-state index in [0.717, 1.165) is 0 Å². The lowest BCUT2D eigenvalue weighted by Crippen LogP contribution is -2.44. The molecule has 7 nitrogen and oxygen atoms in total. The van der Waals surface area contributed by atoms with E-state index >= 15 is 0 Å². The van der Waals surface area contributed by atoms with Crippen LogP contribution in [-0.4, -0.2) is 38.3 Å². The molecule has 0 spiro atoms. The first-order valence-corrected chi connectivity index (χ1v) is 8.64. The van der Waals surface area contributed by atoms with Crippen molar-refractivity contribution in [3.63, 3.8) is 0 Å². The predicted octanol–water partition coefficient (Wildman–Crippen LogP) is 3.22. The standard InChI is InChI=1S/C20H18N2O5/c1-2-20(11-23)10-16(25)15-9-13(5-8-17(15)26-20)19-21-18(22-27-19)12-3-6-14(24)7-4-12/h3-9,23-24H,2,10-11H2,1H3. The molecular weight excluding hydrogens is 348 g/mol. The number of phenols is 1. The van der Waals surface area contributed by atoms with Crippen LogP contribution in [0.2, 0.25) is 0 Å². The summed E-state index contributed by atoms with van der Waals surface area (Å²) in [5, 5.41) is 22.9. The Morgan fingerprint density at radius 3 is 2.59 bits per heavy atom. The molecule has 0 saturated heterocycles. The number of aromatic nitrogens is 2. The molecule has 4 rings (SSSR count). The number of ketones is 1. The zero-order chi connectivity index (χ0) is 19.0. The van der Waals surface area contributed by atoms with Gasteiger partial charge in [0.1, 0.15) is 17.1 Å². The lowest BCUT2D eigenvalue weighted by molar-refractivity contribution is -0.00550. The lowest BCUT2D eigenvalue weighted by atomic mass is 9.88. The van der Waals surface area contributed by atoms with Crippen molar-refractivity contribution >= 4 is 5.78 Å². The van der Waals surface area contributed by atoms with Crippen molar-refractivity contribution in [3.05, 3.63) is 48.0 Å². The molecular formula is C20H18N2O5. The highest BCUT2D eigenvalue weighted by molar-refractivity contribution is 6.01. The monoisotopic (exact) mass is 366 g/mol. The molecule has 1 atom stereocenters. The van der Waals surface area contributed by atoms with E-state index in [2.05, 4.69) is 10.1 Å². The van der Waals surface area contributed by atoms with E-state index < -0.39 is 5.60 Å². The van der Waals surface area contributed by atoms with E-state index in [-0.39, 0.29) is 30.5 Å². The predicted molar refractivity (Wildman–Crippen MR) is 96.5 cm³/mol. The van der Waals surface area contributed by atoms with Crippen LogP contribution in [0.15, 0.2) is 47.0 Å². The van der Waals surface area contributed by atoms with Gasteiger partial charge in [-0.05, 0) is 48.9 Å². The van der Waals surface area contributed by atoms with Gasteiger partial charge in [-0.1, -0.05) is 12.1 Å². The van der Waals surface area contributed by atoms with Crippen molar-refractivity contribution in [2.75, 3.05) is 6.61 Å². The summed E-state index contributed by atoms with van der Waals surface area (Å²) in [5.41, 5.74) is 0.892. The van der Waals surface area contributed by atoms with Gasteiger partial charge in [-0.15, -0.1) is 0 Å². The zero-order valence-corrected chi connectivity index (χ0v) is 14.7. The molecule has 0 amide bonds. The van der Waals surface area contributed by atoms with Crippen molar-refractivity contribution in [2.24, 2.45) is 0 Å². The number of nitrogens with zero attached hydrogens (tertiary/aromatic N) is 2. The number of Topliss-reactive ketones (excluding diaryl/α,β-unsaturated/α-hetero) is 1. The van der Waals surface area contributed by atoms with Crippen LogP contribution in [0.5, 0.6) is 11.5 Å². The smallest absolute Gasteiger partial charge is 0.258 e. The third kappa shape index (κ3) is 3.06. The Balaban J connectivity index is 1.66. The normalized spacial score (nSPS) is 18.8. The minimum atomic E-state index is -0.859. The van der Waals surface area contributed by atoms with E-state index in [1.54, 1.807) is 42.5 Å². The fraction of sp³-hybridized carbons (Fsp3) is 0.250. The Morgan fingerprint density at radius 1 is 1.15 bits per heavy atom. The Kier molecular flexibility index (Phi) is 4.16. The largest absolute Gasteiger partial charge is 0.508 e. The third-order valence-electron chi connectivity index (χ3n) is 4.82. The van der Waals surface area contributed by atoms with Crippen LogP contribution in [0.3, 0.4) is 0 Å². The van der Waals surface area contributed by atoms with Crippen molar-refractivity contribution in [1.29, 1.82) is 0 Å². The van der Waals surface area contributed by atoms with Crippen LogP contribution >= 0.6 is 0 Å². The maximum atomic E-state index is 12.6. The number of ether oxygens (including phenoxy) is 1. The van der Waals surface area contributed by atoms with E-state index in [1.807, 2.05) is 6.92 Å². The van der Waals surface area contributed by atoms with Gasteiger partial charge in [0.15, 0.2) is 5.78 Å². The first kappa shape index (κ1) is 17.2. The van der Waals surface area contributed by atoms with Gasteiger partial charge >= 0.3 is 0 Å². The zero-order valence-electron chi connectivity index (χ0n) is 14.7. The maximum Gasteiger partial charge on any atom is 0.258 e. The highest BCUT2D eigenvalue weighted by atomic mass is 16.5. The fourth-order valence-electron chi connectivity index (χ4n) is 3.09. The van der Waals surface area contributed by atoms with Gasteiger partial charge in [-0.25, -0.2) is 0 Å². The van der Waals surface area contributed by atoms with Crippen molar-refractivity contribution in [3.8, 4) is 34.3 Å². The van der Waals surface area contributed by atoms with Gasteiger partial charge in [0.25, 0.3) is 5.89 Å². The van der Waals surface area contributed by atoms with Crippen molar-refractivity contribution < 1.29 is 24.3 Å². The Bertz CT molecular complexity index is 990. The second-order valence-corrected chi connectivity index (χ2v) is 6.58. The number of aromatic hydroxyl groups is 1. The number of aliphatic hydroxyl groups is 1. The molecule has 1 aliphatic rings. The van der Waals surface area contributed by atoms with E-state index in [1.165, 1.54) is 0 Å². The number of phenolic OH excluding ortho intramolecular Hbond substituents is 1. The van der Waals surface area contributed by atoms with Gasteiger partial charge in [0.05, 0.1) is 18.6 Å². The second kappa shape index (κ2) is 6.51. The van der Waals surface area contributed by atoms with Gasteiger partial charge in [-0.3, -0.25) is 4.79 Å². The molecule has 2 N–H and O–H groups in total. The molecule has 2 heterocycles. The minimum Gasteiger partial charge on any atom is -0.508 e. The number of rotatable bonds is 4. The molecule has 27 heavy (non-hydrogen) atoms. The highest BCUT2D eigenvalue weighted by Gasteiger charge is 2.39. The van der Waals surface area contributed by atoms with E-state index in [0.29, 0.717) is 34.7 Å². The average molecular weight is 366 g/mol. The van der Waals surface area contributed by atoms with Crippen LogP contribution in [-0.2, 0) is 0 Å². The number of aliphatic hydroxyl groups excluding tert-OH is 1. The summed E-state index contributed by atoms with van der Waals surface area (Å²) in [6.45, 7) is 1.67. The summed E-state index contributed by atoms with van der Waals surface area (Å²) in [5.74, 6) is 1.18. The summed E-state index contributed by atoms with van der Waals surface area (Å²) in [6.07, 6.45) is 0.662. The molecule has 0 saturated carbocycles. The number of hydrogen-bond acceptors (Lipinski definition) is 7. The third-order valence-corrected chi connectivity index (χ3v) is 4.82. The molecule has 2 aromatic carbocycles. The summed E-state index contributed by atoms with van der Waals surface area (Å²) in [4.78, 5) is 16.9. The number of carbonyl (C=O) groups excluding carboxylic acids is 1. The summed E-state index contributed by atoms with van der Waals surface area (Å²) < 4.78 is 11.2. The van der Waals surface area contributed by atoms with Crippen LogP contribution in [0, 0.1) is 0 Å². The van der Waals surface area contributed by atoms with Crippen molar-refractivity contribution in [2.45, 2.75) is 25.4 Å².